The van der Waals surface area contributed by atoms with Crippen molar-refractivity contribution in [2.45, 2.75) is 9.79 Å². The van der Waals surface area contributed by atoms with Crippen LogP contribution in [0.2, 0.25) is 0 Å². The lowest BCUT2D eigenvalue weighted by molar-refractivity contribution is -0.462. The van der Waals surface area contributed by atoms with E-state index in [4.69, 9.17) is 4.74 Å². The quantitative estimate of drug-likeness (QED) is 0.307. The van der Waals surface area contributed by atoms with Gasteiger partial charge in [-0.15, -0.1) is 0 Å². The van der Waals surface area contributed by atoms with Gasteiger partial charge in [0.1, 0.15) is 24.7 Å². The molecule has 1 aliphatic carbocycles. The number of benzene rings is 3. The number of nitrogens with zero attached hydrogens (tertiary/aromatic N) is 2. The van der Waals surface area contributed by atoms with E-state index in [0.717, 1.165) is 28.1 Å². The van der Waals surface area contributed by atoms with E-state index >= 15 is 0 Å². The van der Waals surface area contributed by atoms with E-state index in [0.29, 0.717) is 11.3 Å². The summed E-state index contributed by atoms with van der Waals surface area (Å²) in [5.74, 6) is 0.0116. The van der Waals surface area contributed by atoms with Crippen LogP contribution in [0.25, 0.3) is 5.57 Å². The minimum Gasteiger partial charge on any atom is -0.495 e. The number of hydrogen-bond donors (Lipinski definition) is 2. The first-order chi connectivity index (χ1) is 18.8. The van der Waals surface area contributed by atoms with Crippen LogP contribution in [-0.2, 0) is 20.2 Å². The molecule has 4 rings (SSSR count). The largest absolute Gasteiger partial charge is 0.495 e. The molecule has 0 aliphatic heterocycles. The molecule has 0 spiro atoms. The summed E-state index contributed by atoms with van der Waals surface area (Å²) in [7, 11) is -1.83. The zero-order valence-electron chi connectivity index (χ0n) is 22.3. The van der Waals surface area contributed by atoms with E-state index in [1.54, 1.807) is 36.2 Å². The van der Waals surface area contributed by atoms with Crippen LogP contribution in [0.4, 0.5) is 11.4 Å². The Bertz CT molecular complexity index is 1780. The Labute approximate surface area is 234 Å². The predicted molar refractivity (Wildman–Crippen MR) is 155 cm³/mol. The number of hydrogen-bond acceptors (Lipinski definition) is 6. The number of anilines is 2. The molecular formula is C29H29N2O7S2+. The van der Waals surface area contributed by atoms with Gasteiger partial charge >= 0.3 is 0 Å². The van der Waals surface area contributed by atoms with Gasteiger partial charge in [-0.1, -0.05) is 24.3 Å². The van der Waals surface area contributed by atoms with Crippen LogP contribution in [0, 0.1) is 0 Å². The maximum atomic E-state index is 11.8. The highest BCUT2D eigenvalue weighted by Crippen LogP contribution is 2.35. The topological polar surface area (TPSA) is 124 Å². The molecule has 0 amide bonds. The molecule has 0 atom stereocenters. The van der Waals surface area contributed by atoms with Crippen molar-refractivity contribution >= 4 is 42.9 Å². The third kappa shape index (κ3) is 6.23. The van der Waals surface area contributed by atoms with Crippen molar-refractivity contribution in [1.82, 2.24) is 0 Å². The molecule has 0 unspecified atom stereocenters. The average molecular weight is 582 g/mol. The smallest absolute Gasteiger partial charge is 0.298 e. The van der Waals surface area contributed by atoms with Gasteiger partial charge in [-0.05, 0) is 76.9 Å². The first kappa shape index (κ1) is 29.0. The second-order valence-electron chi connectivity index (χ2n) is 9.24. The van der Waals surface area contributed by atoms with E-state index in [-0.39, 0.29) is 15.5 Å². The lowest BCUT2D eigenvalue weighted by atomic mass is 9.90. The van der Waals surface area contributed by atoms with Crippen molar-refractivity contribution in [2.75, 3.05) is 33.2 Å². The van der Waals surface area contributed by atoms with Crippen molar-refractivity contribution in [3.63, 3.8) is 0 Å². The molecule has 0 aromatic heterocycles. The zero-order valence-corrected chi connectivity index (χ0v) is 23.9. The highest BCUT2D eigenvalue weighted by atomic mass is 32.2. The highest BCUT2D eigenvalue weighted by molar-refractivity contribution is 7.86. The predicted octanol–water partition coefficient (Wildman–Crippen LogP) is 4.60. The molecule has 11 heteroatoms. The highest BCUT2D eigenvalue weighted by Gasteiger charge is 2.20. The third-order valence-corrected chi connectivity index (χ3v) is 8.19. The second kappa shape index (κ2) is 11.2. The van der Waals surface area contributed by atoms with Crippen LogP contribution in [0.5, 0.6) is 5.75 Å². The van der Waals surface area contributed by atoms with Gasteiger partial charge in [-0.3, -0.25) is 9.11 Å². The molecule has 3 aromatic rings. The van der Waals surface area contributed by atoms with Crippen molar-refractivity contribution in [3.8, 4) is 5.75 Å². The fourth-order valence-electron chi connectivity index (χ4n) is 4.32. The fraction of sp³-hybridized carbons (Fsp3) is 0.138. The minimum absolute atomic E-state index is 0.0116. The Balaban J connectivity index is 1.82. The molecule has 40 heavy (non-hydrogen) atoms. The Hall–Kier alpha value is -4.03. The summed E-state index contributed by atoms with van der Waals surface area (Å²) in [6, 6.07) is 18.0. The maximum Gasteiger partial charge on any atom is 0.298 e. The van der Waals surface area contributed by atoms with Gasteiger partial charge in [0.2, 0.25) is 0 Å². The summed E-state index contributed by atoms with van der Waals surface area (Å²) >= 11 is 0. The van der Waals surface area contributed by atoms with Crippen LogP contribution < -0.4 is 9.64 Å². The normalized spacial score (nSPS) is 13.3. The molecular weight excluding hydrogens is 552 g/mol. The standard InChI is InChI=1S/C29H28N2O7S2/c1-30(2)23-13-8-20(9-14-23)29(22-12-17-28(40(35,36)37)27(18-22)38-4)21-10-15-24(16-11-21)31(3)25-6-5-7-26(19-25)39(32,33)34/h5-19H,1-4H3,(H-,32,33,34,35,36,37)/p+1. The molecule has 1 aliphatic rings. The number of methoxy groups -OCH3 is 1. The van der Waals surface area contributed by atoms with E-state index in [2.05, 4.69) is 0 Å². The Kier molecular flexibility index (Phi) is 8.13. The van der Waals surface area contributed by atoms with E-state index in [9.17, 15) is 25.9 Å². The first-order valence-electron chi connectivity index (χ1n) is 12.0. The summed E-state index contributed by atoms with van der Waals surface area (Å²) in [5, 5.41) is 0. The van der Waals surface area contributed by atoms with Crippen LogP contribution in [0.3, 0.4) is 0 Å². The van der Waals surface area contributed by atoms with Gasteiger partial charge in [0.05, 0.1) is 12.0 Å². The number of rotatable bonds is 7. The Morgan fingerprint density at radius 2 is 1.40 bits per heavy atom. The molecule has 0 fully saturated rings. The minimum atomic E-state index is -4.48. The monoisotopic (exact) mass is 581 g/mol. The van der Waals surface area contributed by atoms with Crippen molar-refractivity contribution < 1.29 is 35.3 Å². The zero-order chi connectivity index (χ0) is 29.2. The van der Waals surface area contributed by atoms with Gasteiger partial charge in [0.25, 0.3) is 20.2 Å². The van der Waals surface area contributed by atoms with Crippen molar-refractivity contribution in [1.29, 1.82) is 0 Å². The molecule has 0 saturated carbocycles. The summed E-state index contributed by atoms with van der Waals surface area (Å²) in [4.78, 5) is 1.26. The third-order valence-electron chi connectivity index (χ3n) is 6.45. The Morgan fingerprint density at radius 3 is 1.95 bits per heavy atom. The van der Waals surface area contributed by atoms with Crippen LogP contribution >= 0.6 is 0 Å². The number of allylic oxidation sites excluding steroid dienone is 5. The summed E-state index contributed by atoms with van der Waals surface area (Å²) in [6.07, 6.45) is 7.89. The summed E-state index contributed by atoms with van der Waals surface area (Å²) in [6.45, 7) is 0. The maximum absolute atomic E-state index is 11.8. The van der Waals surface area contributed by atoms with Crippen LogP contribution in [0.1, 0.15) is 11.1 Å². The van der Waals surface area contributed by atoms with Crippen LogP contribution in [-0.4, -0.2) is 64.5 Å². The molecule has 0 bridgehead atoms. The summed E-state index contributed by atoms with van der Waals surface area (Å²) < 4.78 is 73.2. The molecule has 0 saturated heterocycles. The SMILES string of the molecule is COc1cc(C(=C2C=CC(=[N+](C)C)C=C2)c2ccc(N(C)c3cccc(S(=O)(=O)O)c3)cc2)ccc1S(=O)(=O)O. The molecule has 0 heterocycles. The van der Waals surface area contributed by atoms with E-state index in [1.165, 1.54) is 25.3 Å². The second-order valence-corrected chi connectivity index (χ2v) is 12.0. The van der Waals surface area contributed by atoms with Gasteiger partial charge in [0, 0.05) is 30.6 Å². The van der Waals surface area contributed by atoms with Gasteiger partial charge in [0.15, 0.2) is 5.71 Å². The number of ether oxygens (including phenoxy) is 1. The molecule has 0 radical (unpaired) electrons. The lowest BCUT2D eigenvalue weighted by Crippen LogP contribution is -2.11. The first-order valence-corrected chi connectivity index (χ1v) is 14.9. The molecule has 208 valence electrons. The average Bonchev–Trinajstić information content (AvgIpc) is 2.92. The Morgan fingerprint density at radius 1 is 0.775 bits per heavy atom. The van der Waals surface area contributed by atoms with Gasteiger partial charge in [-0.2, -0.15) is 16.8 Å². The molecule has 2 N–H and O–H groups in total. The lowest BCUT2D eigenvalue weighted by Gasteiger charge is -2.21. The van der Waals surface area contributed by atoms with E-state index in [1.807, 2.05) is 67.2 Å². The fourth-order valence-corrected chi connectivity index (χ4v) is 5.47. The van der Waals surface area contributed by atoms with Crippen molar-refractivity contribution in [3.05, 3.63) is 108 Å². The van der Waals surface area contributed by atoms with Gasteiger partial charge in [-0.25, -0.2) is 4.58 Å². The molecule has 3 aromatic carbocycles. The van der Waals surface area contributed by atoms with Crippen LogP contribution in [0.15, 0.2) is 106 Å². The summed E-state index contributed by atoms with van der Waals surface area (Å²) in [5.41, 5.74) is 5.50. The van der Waals surface area contributed by atoms with Gasteiger partial charge < -0.3 is 9.64 Å². The van der Waals surface area contributed by atoms with E-state index < -0.39 is 20.2 Å². The molecule has 9 nitrogen and oxygen atoms in total. The van der Waals surface area contributed by atoms with Crippen molar-refractivity contribution in [2.24, 2.45) is 0 Å².